The molecule has 134 valence electrons. The van der Waals surface area contributed by atoms with Gasteiger partial charge in [0.15, 0.2) is 0 Å². The Hall–Kier alpha value is -1.89. The molecule has 4 nitrogen and oxygen atoms in total. The van der Waals surface area contributed by atoms with Gasteiger partial charge in [-0.1, -0.05) is 6.07 Å². The third-order valence-electron chi connectivity index (χ3n) is 5.43. The van der Waals surface area contributed by atoms with E-state index in [2.05, 4.69) is 57.1 Å². The summed E-state index contributed by atoms with van der Waals surface area (Å²) < 4.78 is 2.21. The fraction of sp³-hybridized carbons (Fsp3) is 0.350. The number of nitrogens with zero attached hydrogens (tertiary/aromatic N) is 3. The summed E-state index contributed by atoms with van der Waals surface area (Å²) in [6.07, 6.45) is 2.08. The molecule has 0 aliphatic carbocycles. The average Bonchev–Trinajstić information content (AvgIpc) is 3.39. The number of amides is 1. The average molecular weight is 384 g/mol. The summed E-state index contributed by atoms with van der Waals surface area (Å²) in [6.45, 7) is 5.79. The van der Waals surface area contributed by atoms with E-state index in [1.165, 1.54) is 14.6 Å². The quantitative estimate of drug-likeness (QED) is 0.681. The predicted octanol–water partition coefficient (Wildman–Crippen LogP) is 4.00. The molecule has 5 rings (SSSR count). The first-order chi connectivity index (χ1) is 12.7. The Kier molecular flexibility index (Phi) is 3.99. The van der Waals surface area contributed by atoms with Gasteiger partial charge in [0.25, 0.3) is 5.91 Å². The highest BCUT2D eigenvalue weighted by Crippen LogP contribution is 2.36. The van der Waals surface area contributed by atoms with Gasteiger partial charge in [0, 0.05) is 40.5 Å². The summed E-state index contributed by atoms with van der Waals surface area (Å²) in [5, 5.41) is 2.09. The zero-order chi connectivity index (χ0) is 17.7. The second-order valence-corrected chi connectivity index (χ2v) is 9.56. The van der Waals surface area contributed by atoms with Gasteiger partial charge < -0.3 is 9.47 Å². The molecule has 0 bridgehead atoms. The maximum Gasteiger partial charge on any atom is 0.271 e. The lowest BCUT2D eigenvalue weighted by Gasteiger charge is -2.38. The molecule has 2 aliphatic heterocycles. The molecular weight excluding hydrogens is 362 g/mol. The van der Waals surface area contributed by atoms with Crippen molar-refractivity contribution in [1.29, 1.82) is 0 Å². The maximum absolute atomic E-state index is 13.1. The van der Waals surface area contributed by atoms with Crippen molar-refractivity contribution < 1.29 is 4.79 Å². The first-order valence-electron chi connectivity index (χ1n) is 8.97. The number of likely N-dealkylation sites (tertiary alicyclic amines) is 1. The van der Waals surface area contributed by atoms with Crippen LogP contribution in [-0.2, 0) is 13.1 Å². The van der Waals surface area contributed by atoms with E-state index in [0.717, 1.165) is 31.9 Å². The summed E-state index contributed by atoms with van der Waals surface area (Å²) in [6, 6.07) is 13.2. The van der Waals surface area contributed by atoms with Gasteiger partial charge in [0.2, 0.25) is 0 Å². The molecule has 26 heavy (non-hydrogen) atoms. The van der Waals surface area contributed by atoms with Crippen molar-refractivity contribution in [2.24, 2.45) is 0 Å². The Morgan fingerprint density at radius 2 is 1.92 bits per heavy atom. The van der Waals surface area contributed by atoms with Crippen LogP contribution < -0.4 is 0 Å². The van der Waals surface area contributed by atoms with Crippen molar-refractivity contribution in [3.63, 3.8) is 0 Å². The van der Waals surface area contributed by atoms with Crippen LogP contribution >= 0.6 is 22.7 Å². The van der Waals surface area contributed by atoms with E-state index in [1.54, 1.807) is 11.3 Å². The molecule has 0 saturated carbocycles. The number of hydrogen-bond acceptors (Lipinski definition) is 4. The van der Waals surface area contributed by atoms with Gasteiger partial charge in [-0.05, 0) is 42.6 Å². The van der Waals surface area contributed by atoms with Crippen LogP contribution in [0.3, 0.4) is 0 Å². The van der Waals surface area contributed by atoms with Crippen LogP contribution in [-0.4, -0.2) is 39.4 Å². The summed E-state index contributed by atoms with van der Waals surface area (Å²) in [5.74, 6) is 0.165. The molecule has 2 atom stereocenters. The van der Waals surface area contributed by atoms with E-state index in [-0.39, 0.29) is 11.9 Å². The van der Waals surface area contributed by atoms with Crippen molar-refractivity contribution in [1.82, 2.24) is 14.4 Å². The van der Waals surface area contributed by atoms with Crippen LogP contribution in [0.2, 0.25) is 0 Å². The second kappa shape index (κ2) is 6.37. The number of thiophene rings is 2. The maximum atomic E-state index is 13.1. The number of aromatic nitrogens is 1. The van der Waals surface area contributed by atoms with Crippen LogP contribution in [0, 0.1) is 6.92 Å². The second-order valence-electron chi connectivity index (χ2n) is 7.15. The van der Waals surface area contributed by atoms with E-state index in [9.17, 15) is 4.79 Å². The molecule has 2 aliphatic rings. The number of carbonyl (C=O) groups is 1. The van der Waals surface area contributed by atoms with Crippen LogP contribution in [0.15, 0.2) is 48.0 Å². The fourth-order valence-corrected chi connectivity index (χ4v) is 5.90. The normalized spacial score (nSPS) is 22.7. The molecular formula is C20H21N3OS2. The predicted molar refractivity (Wildman–Crippen MR) is 106 cm³/mol. The van der Waals surface area contributed by atoms with E-state index in [0.29, 0.717) is 6.04 Å². The molecule has 1 amide bonds. The Balaban J connectivity index is 1.44. The number of fused-ring (bicyclic) bond motifs is 3. The number of hydrogen-bond donors (Lipinski definition) is 0. The van der Waals surface area contributed by atoms with E-state index in [1.807, 2.05) is 23.5 Å². The highest BCUT2D eigenvalue weighted by Gasteiger charge is 2.44. The van der Waals surface area contributed by atoms with E-state index < -0.39 is 0 Å². The van der Waals surface area contributed by atoms with E-state index in [4.69, 9.17) is 0 Å². The molecule has 3 aromatic heterocycles. The third-order valence-corrected chi connectivity index (χ3v) is 7.28. The number of carbonyl (C=O) groups excluding carboxylic acids is 1. The zero-order valence-electron chi connectivity index (χ0n) is 14.7. The monoisotopic (exact) mass is 383 g/mol. The summed E-state index contributed by atoms with van der Waals surface area (Å²) in [5.41, 5.74) is 0.830. The Morgan fingerprint density at radius 3 is 2.69 bits per heavy atom. The SMILES string of the molecule is Cc1ccc(CN2CC3C(C2)n2cccc2C(=O)N3Cc2cccs2)s1. The van der Waals surface area contributed by atoms with Crippen LogP contribution in [0.1, 0.15) is 31.2 Å². The van der Waals surface area contributed by atoms with Crippen molar-refractivity contribution in [2.45, 2.75) is 32.1 Å². The summed E-state index contributed by atoms with van der Waals surface area (Å²) >= 11 is 3.60. The van der Waals surface area contributed by atoms with Gasteiger partial charge >= 0.3 is 0 Å². The standard InChI is InChI=1S/C20H21N3OS2/c1-14-6-7-16(26-14)10-21-12-18-19(13-21)23(11-15-4-3-9-25-15)20(24)17-5-2-8-22(17)18/h2-9,18-19H,10-13H2,1H3. The molecule has 1 fully saturated rings. The van der Waals surface area contributed by atoms with Gasteiger partial charge in [0.05, 0.1) is 18.6 Å². The minimum atomic E-state index is 0.165. The lowest BCUT2D eigenvalue weighted by atomic mass is 10.1. The number of aryl methyl sites for hydroxylation is 1. The zero-order valence-corrected chi connectivity index (χ0v) is 16.3. The molecule has 0 aromatic carbocycles. The third kappa shape index (κ3) is 2.73. The first-order valence-corrected chi connectivity index (χ1v) is 10.7. The van der Waals surface area contributed by atoms with Crippen LogP contribution in [0.4, 0.5) is 0 Å². The van der Waals surface area contributed by atoms with Crippen molar-refractivity contribution in [3.05, 3.63) is 68.3 Å². The van der Waals surface area contributed by atoms with Crippen molar-refractivity contribution >= 4 is 28.6 Å². The molecule has 6 heteroatoms. The Morgan fingerprint density at radius 1 is 1.04 bits per heavy atom. The largest absolute Gasteiger partial charge is 0.337 e. The number of rotatable bonds is 4. The minimum absolute atomic E-state index is 0.165. The molecule has 3 aromatic rings. The highest BCUT2D eigenvalue weighted by molar-refractivity contribution is 7.11. The lowest BCUT2D eigenvalue weighted by Crippen LogP contribution is -2.49. The van der Waals surface area contributed by atoms with Gasteiger partial charge in [0.1, 0.15) is 5.69 Å². The highest BCUT2D eigenvalue weighted by atomic mass is 32.1. The van der Waals surface area contributed by atoms with Gasteiger partial charge in [-0.25, -0.2) is 0 Å². The van der Waals surface area contributed by atoms with Crippen molar-refractivity contribution in [2.75, 3.05) is 13.1 Å². The van der Waals surface area contributed by atoms with Crippen molar-refractivity contribution in [3.8, 4) is 0 Å². The molecule has 0 radical (unpaired) electrons. The fourth-order valence-electron chi connectivity index (χ4n) is 4.27. The smallest absolute Gasteiger partial charge is 0.271 e. The molecule has 5 heterocycles. The minimum Gasteiger partial charge on any atom is -0.337 e. The van der Waals surface area contributed by atoms with Gasteiger partial charge in [-0.3, -0.25) is 9.69 Å². The summed E-state index contributed by atoms with van der Waals surface area (Å²) in [7, 11) is 0. The Labute approximate surface area is 161 Å². The Bertz CT molecular complexity index is 927. The topological polar surface area (TPSA) is 28.5 Å². The van der Waals surface area contributed by atoms with Crippen LogP contribution in [0.25, 0.3) is 0 Å². The summed E-state index contributed by atoms with van der Waals surface area (Å²) in [4.78, 5) is 21.7. The van der Waals surface area contributed by atoms with E-state index >= 15 is 0 Å². The first kappa shape index (κ1) is 16.3. The molecule has 1 saturated heterocycles. The molecule has 0 spiro atoms. The molecule has 2 unspecified atom stereocenters. The van der Waals surface area contributed by atoms with Gasteiger partial charge in [-0.15, -0.1) is 22.7 Å². The van der Waals surface area contributed by atoms with Gasteiger partial charge in [-0.2, -0.15) is 0 Å². The van der Waals surface area contributed by atoms with Crippen LogP contribution in [0.5, 0.6) is 0 Å². The molecule has 0 N–H and O–H groups in total. The lowest BCUT2D eigenvalue weighted by molar-refractivity contribution is 0.0559.